The normalized spacial score (nSPS) is 15.6. The number of thiazole rings is 1. The molecular formula is C23H27N3O4S2. The predicted octanol–water partition coefficient (Wildman–Crippen LogP) is 3.72. The fourth-order valence-corrected chi connectivity index (χ4v) is 5.91. The minimum absolute atomic E-state index is 0.303. The molecule has 32 heavy (non-hydrogen) atoms. The number of piperazine rings is 1. The van der Waals surface area contributed by atoms with Gasteiger partial charge in [0.05, 0.1) is 30.9 Å². The zero-order valence-electron chi connectivity index (χ0n) is 18.2. The zero-order chi connectivity index (χ0) is 22.6. The van der Waals surface area contributed by atoms with Crippen molar-refractivity contribution in [3.05, 3.63) is 58.9 Å². The SMILES string of the molecule is CCOc1ccc(S(=O)(=O)N2CCN(Cc3nc(-c4cccc(OC)c4)cs3)CC2)cc1. The summed E-state index contributed by atoms with van der Waals surface area (Å²) in [6.45, 7) is 5.43. The summed E-state index contributed by atoms with van der Waals surface area (Å²) >= 11 is 1.62. The predicted molar refractivity (Wildman–Crippen MR) is 126 cm³/mol. The molecular weight excluding hydrogens is 446 g/mol. The maximum absolute atomic E-state index is 13.0. The summed E-state index contributed by atoms with van der Waals surface area (Å²) in [5.41, 5.74) is 1.96. The lowest BCUT2D eigenvalue weighted by Gasteiger charge is -2.33. The van der Waals surface area contributed by atoms with Crippen LogP contribution in [0.25, 0.3) is 11.3 Å². The minimum atomic E-state index is -3.50. The molecule has 0 unspecified atom stereocenters. The second kappa shape index (κ2) is 9.99. The van der Waals surface area contributed by atoms with E-state index in [1.165, 1.54) is 0 Å². The smallest absolute Gasteiger partial charge is 0.243 e. The number of hydrogen-bond donors (Lipinski definition) is 0. The molecule has 0 saturated carbocycles. The van der Waals surface area contributed by atoms with Crippen LogP contribution >= 0.6 is 11.3 Å². The van der Waals surface area contributed by atoms with Gasteiger partial charge in [-0.2, -0.15) is 4.31 Å². The van der Waals surface area contributed by atoms with Crippen molar-refractivity contribution in [1.82, 2.24) is 14.2 Å². The van der Waals surface area contributed by atoms with Gasteiger partial charge in [-0.1, -0.05) is 12.1 Å². The van der Waals surface area contributed by atoms with E-state index in [9.17, 15) is 8.42 Å². The molecule has 3 aromatic rings. The van der Waals surface area contributed by atoms with Gasteiger partial charge in [0.15, 0.2) is 0 Å². The van der Waals surface area contributed by atoms with Crippen LogP contribution in [-0.2, 0) is 16.6 Å². The van der Waals surface area contributed by atoms with Gasteiger partial charge < -0.3 is 9.47 Å². The molecule has 0 aliphatic carbocycles. The van der Waals surface area contributed by atoms with Gasteiger partial charge in [0, 0.05) is 37.1 Å². The lowest BCUT2D eigenvalue weighted by molar-refractivity contribution is 0.181. The Morgan fingerprint density at radius 2 is 1.78 bits per heavy atom. The van der Waals surface area contributed by atoms with Crippen LogP contribution in [0.2, 0.25) is 0 Å². The third-order valence-corrected chi connectivity index (χ3v) is 8.13. The number of methoxy groups -OCH3 is 1. The molecule has 4 rings (SSSR count). The molecule has 1 aliphatic rings. The van der Waals surface area contributed by atoms with E-state index in [0.29, 0.717) is 50.0 Å². The molecule has 7 nitrogen and oxygen atoms in total. The van der Waals surface area contributed by atoms with Crippen LogP contribution in [0.5, 0.6) is 11.5 Å². The Kier molecular flexibility index (Phi) is 7.10. The maximum atomic E-state index is 13.0. The third-order valence-electron chi connectivity index (χ3n) is 5.38. The zero-order valence-corrected chi connectivity index (χ0v) is 19.9. The van der Waals surface area contributed by atoms with Crippen LogP contribution in [-0.4, -0.2) is 62.5 Å². The number of benzene rings is 2. The van der Waals surface area contributed by atoms with E-state index in [1.807, 2.05) is 31.2 Å². The fourth-order valence-electron chi connectivity index (χ4n) is 3.64. The second-order valence-corrected chi connectivity index (χ2v) is 10.3. The minimum Gasteiger partial charge on any atom is -0.497 e. The van der Waals surface area contributed by atoms with Gasteiger partial charge in [-0.05, 0) is 43.3 Å². The molecule has 170 valence electrons. The van der Waals surface area contributed by atoms with Crippen molar-refractivity contribution in [1.29, 1.82) is 0 Å². The van der Waals surface area contributed by atoms with Gasteiger partial charge in [-0.15, -0.1) is 11.3 Å². The highest BCUT2D eigenvalue weighted by Crippen LogP contribution is 2.26. The summed E-state index contributed by atoms with van der Waals surface area (Å²) in [6.07, 6.45) is 0. The average Bonchev–Trinajstić information content (AvgIpc) is 3.28. The first-order valence-electron chi connectivity index (χ1n) is 10.5. The van der Waals surface area contributed by atoms with Crippen molar-refractivity contribution in [3.63, 3.8) is 0 Å². The Morgan fingerprint density at radius 1 is 1.03 bits per heavy atom. The third kappa shape index (κ3) is 5.12. The van der Waals surface area contributed by atoms with Crippen molar-refractivity contribution in [2.45, 2.75) is 18.4 Å². The first-order chi connectivity index (χ1) is 15.5. The summed E-state index contributed by atoms with van der Waals surface area (Å²) in [7, 11) is -1.85. The molecule has 1 aromatic heterocycles. The topological polar surface area (TPSA) is 72.0 Å². The highest BCUT2D eigenvalue weighted by Gasteiger charge is 2.28. The van der Waals surface area contributed by atoms with Crippen LogP contribution in [0.1, 0.15) is 11.9 Å². The van der Waals surface area contributed by atoms with Crippen molar-refractivity contribution >= 4 is 21.4 Å². The van der Waals surface area contributed by atoms with E-state index in [2.05, 4.69) is 10.3 Å². The number of rotatable bonds is 8. The average molecular weight is 474 g/mol. The molecule has 0 bridgehead atoms. The molecule has 9 heteroatoms. The largest absolute Gasteiger partial charge is 0.497 e. The molecule has 0 amide bonds. The first kappa shape index (κ1) is 22.7. The molecule has 1 saturated heterocycles. The molecule has 0 atom stereocenters. The van der Waals surface area contributed by atoms with E-state index in [-0.39, 0.29) is 0 Å². The van der Waals surface area contributed by atoms with Gasteiger partial charge in [0.2, 0.25) is 10.0 Å². The molecule has 0 radical (unpaired) electrons. The van der Waals surface area contributed by atoms with Crippen LogP contribution in [0.15, 0.2) is 58.8 Å². The number of hydrogen-bond acceptors (Lipinski definition) is 7. The Bertz CT molecular complexity index is 1140. The molecule has 0 spiro atoms. The molecule has 2 heterocycles. The number of ether oxygens (including phenoxy) is 2. The molecule has 2 aromatic carbocycles. The molecule has 0 N–H and O–H groups in total. The van der Waals surface area contributed by atoms with Crippen molar-refractivity contribution in [2.24, 2.45) is 0 Å². The number of aromatic nitrogens is 1. The van der Waals surface area contributed by atoms with E-state index < -0.39 is 10.0 Å². The molecule has 1 aliphatic heterocycles. The summed E-state index contributed by atoms with van der Waals surface area (Å²) in [6, 6.07) is 14.5. The van der Waals surface area contributed by atoms with Crippen molar-refractivity contribution in [2.75, 3.05) is 39.9 Å². The Hall–Kier alpha value is -2.46. The van der Waals surface area contributed by atoms with E-state index in [0.717, 1.165) is 22.0 Å². The Morgan fingerprint density at radius 3 is 2.47 bits per heavy atom. The summed E-state index contributed by atoms with van der Waals surface area (Å²) in [5, 5.41) is 3.07. The van der Waals surface area contributed by atoms with Gasteiger partial charge in [0.25, 0.3) is 0 Å². The van der Waals surface area contributed by atoms with Gasteiger partial charge in [-0.3, -0.25) is 4.90 Å². The highest BCUT2D eigenvalue weighted by atomic mass is 32.2. The van der Waals surface area contributed by atoms with Crippen LogP contribution < -0.4 is 9.47 Å². The van der Waals surface area contributed by atoms with Gasteiger partial charge >= 0.3 is 0 Å². The highest BCUT2D eigenvalue weighted by molar-refractivity contribution is 7.89. The lowest BCUT2D eigenvalue weighted by atomic mass is 10.2. The van der Waals surface area contributed by atoms with Crippen molar-refractivity contribution < 1.29 is 17.9 Å². The summed E-state index contributed by atoms with van der Waals surface area (Å²) < 4.78 is 38.2. The lowest BCUT2D eigenvalue weighted by Crippen LogP contribution is -2.48. The Labute approximate surface area is 193 Å². The summed E-state index contributed by atoms with van der Waals surface area (Å²) in [5.74, 6) is 1.48. The van der Waals surface area contributed by atoms with Gasteiger partial charge in [-0.25, -0.2) is 13.4 Å². The van der Waals surface area contributed by atoms with Crippen LogP contribution in [0.4, 0.5) is 0 Å². The van der Waals surface area contributed by atoms with Crippen LogP contribution in [0, 0.1) is 0 Å². The van der Waals surface area contributed by atoms with Gasteiger partial charge in [0.1, 0.15) is 16.5 Å². The number of sulfonamides is 1. The quantitative estimate of drug-likeness (QED) is 0.497. The number of nitrogens with zero attached hydrogens (tertiary/aromatic N) is 3. The van der Waals surface area contributed by atoms with E-state index in [4.69, 9.17) is 14.5 Å². The van der Waals surface area contributed by atoms with Crippen molar-refractivity contribution in [3.8, 4) is 22.8 Å². The standard InChI is InChI=1S/C23H27N3O4S2/c1-3-30-19-7-9-21(10-8-19)32(27,28)26-13-11-25(12-14-26)16-23-24-22(17-31-23)18-5-4-6-20(15-18)29-2/h4-10,15,17H,3,11-14,16H2,1-2H3. The molecule has 1 fully saturated rings. The van der Waals surface area contributed by atoms with E-state index >= 15 is 0 Å². The summed E-state index contributed by atoms with van der Waals surface area (Å²) in [4.78, 5) is 7.32. The second-order valence-electron chi connectivity index (χ2n) is 7.44. The maximum Gasteiger partial charge on any atom is 0.243 e. The first-order valence-corrected chi connectivity index (χ1v) is 12.9. The van der Waals surface area contributed by atoms with Crippen LogP contribution in [0.3, 0.4) is 0 Å². The monoisotopic (exact) mass is 473 g/mol. The van der Waals surface area contributed by atoms with E-state index in [1.54, 1.807) is 47.0 Å². The Balaban J connectivity index is 1.35. The fraction of sp³-hybridized carbons (Fsp3) is 0.348.